The van der Waals surface area contributed by atoms with E-state index in [0.29, 0.717) is 26.9 Å². The number of thiophene rings is 1. The van der Waals surface area contributed by atoms with Crippen LogP contribution in [0.4, 0.5) is 10.5 Å². The van der Waals surface area contributed by atoms with Gasteiger partial charge < -0.3 is 14.1 Å². The minimum absolute atomic E-state index is 0.221. The Morgan fingerprint density at radius 3 is 2.67 bits per heavy atom. The largest absolute Gasteiger partial charge is 0.418 e. The van der Waals surface area contributed by atoms with E-state index in [0.717, 1.165) is 11.1 Å². The van der Waals surface area contributed by atoms with E-state index in [4.69, 9.17) is 14.1 Å². The number of anilines is 1. The van der Waals surface area contributed by atoms with E-state index in [1.54, 1.807) is 60.9 Å². The third-order valence-electron chi connectivity index (χ3n) is 4.82. The second kappa shape index (κ2) is 12.8. The SMILES string of the molecule is C=CCc1cccc(NC(=O)OC(COP(=O)(c2cccc(S(C)=O)c2)c2cc(C)cs2)=NOC)c1. The highest BCUT2D eigenvalue weighted by Crippen LogP contribution is 2.46. The molecular formula is C25H27N2O6PS2. The summed E-state index contributed by atoms with van der Waals surface area (Å²) < 4.78 is 37.9. The molecule has 1 heterocycles. The topological polar surface area (TPSA) is 103 Å². The Bertz CT molecular complexity index is 1340. The molecule has 2 unspecified atom stereocenters. The Labute approximate surface area is 216 Å². The van der Waals surface area contributed by atoms with Crippen LogP contribution in [0.15, 0.2) is 82.7 Å². The van der Waals surface area contributed by atoms with Crippen LogP contribution in [-0.4, -0.2) is 36.2 Å². The fraction of sp³-hybridized carbons (Fsp3) is 0.200. The third kappa shape index (κ3) is 7.24. The van der Waals surface area contributed by atoms with E-state index in [2.05, 4.69) is 17.1 Å². The molecular weight excluding hydrogens is 519 g/mol. The minimum atomic E-state index is -3.65. The van der Waals surface area contributed by atoms with Crippen LogP contribution in [0.1, 0.15) is 11.1 Å². The van der Waals surface area contributed by atoms with Crippen LogP contribution in [0, 0.1) is 6.92 Å². The number of hydrogen-bond acceptors (Lipinski definition) is 8. The van der Waals surface area contributed by atoms with Gasteiger partial charge in [0.25, 0.3) is 13.3 Å². The number of oxime groups is 1. The molecule has 0 bridgehead atoms. The highest BCUT2D eigenvalue weighted by Gasteiger charge is 2.32. The van der Waals surface area contributed by atoms with Gasteiger partial charge in [-0.25, -0.2) is 4.79 Å². The van der Waals surface area contributed by atoms with Gasteiger partial charge in [0.2, 0.25) is 0 Å². The van der Waals surface area contributed by atoms with Gasteiger partial charge in [-0.3, -0.25) is 14.1 Å². The maximum absolute atomic E-state index is 14.2. The molecule has 2 atom stereocenters. The zero-order valence-corrected chi connectivity index (χ0v) is 22.7. The molecule has 0 saturated heterocycles. The molecule has 8 nitrogen and oxygen atoms in total. The number of carbonyl (C=O) groups is 1. The number of nitrogens with zero attached hydrogens (tertiary/aromatic N) is 1. The maximum Gasteiger partial charge on any atom is 0.418 e. The molecule has 0 saturated carbocycles. The Morgan fingerprint density at radius 1 is 1.22 bits per heavy atom. The lowest BCUT2D eigenvalue weighted by Crippen LogP contribution is -2.25. The summed E-state index contributed by atoms with van der Waals surface area (Å²) in [5.41, 5.74) is 2.43. The summed E-state index contributed by atoms with van der Waals surface area (Å²) in [6.07, 6.45) is 3.15. The molecule has 190 valence electrons. The molecule has 0 spiro atoms. The molecule has 3 aromatic rings. The second-order valence-corrected chi connectivity index (χ2v) is 12.6. The van der Waals surface area contributed by atoms with E-state index in [-0.39, 0.29) is 5.90 Å². The lowest BCUT2D eigenvalue weighted by atomic mass is 10.1. The zero-order valence-electron chi connectivity index (χ0n) is 20.1. The Morgan fingerprint density at radius 2 is 2.00 bits per heavy atom. The smallest absolute Gasteiger partial charge is 0.396 e. The fourth-order valence-electron chi connectivity index (χ4n) is 3.20. The summed E-state index contributed by atoms with van der Waals surface area (Å²) in [4.78, 5) is 17.8. The first kappa shape index (κ1) is 27.5. The van der Waals surface area contributed by atoms with Gasteiger partial charge in [0, 0.05) is 32.9 Å². The highest BCUT2D eigenvalue weighted by atomic mass is 32.2. The number of carbonyl (C=O) groups excluding carboxylic acids is 1. The van der Waals surface area contributed by atoms with Crippen LogP contribution in [0.2, 0.25) is 0 Å². The number of nitrogens with one attached hydrogen (secondary N) is 1. The predicted molar refractivity (Wildman–Crippen MR) is 146 cm³/mol. The van der Waals surface area contributed by atoms with Crippen molar-refractivity contribution in [1.29, 1.82) is 0 Å². The average Bonchev–Trinajstić information content (AvgIpc) is 3.30. The Kier molecular flexibility index (Phi) is 9.78. The molecule has 3 rings (SSSR count). The molecule has 2 aromatic carbocycles. The van der Waals surface area contributed by atoms with E-state index < -0.39 is 30.9 Å². The second-order valence-electron chi connectivity index (χ2n) is 7.61. The number of amides is 1. The summed E-state index contributed by atoms with van der Waals surface area (Å²) in [6.45, 7) is 5.19. The number of aryl methyl sites for hydroxylation is 1. The number of hydrogen-bond donors (Lipinski definition) is 1. The normalized spacial score (nSPS) is 13.9. The molecule has 1 amide bonds. The van der Waals surface area contributed by atoms with E-state index in [1.165, 1.54) is 18.4 Å². The van der Waals surface area contributed by atoms with Crippen molar-refractivity contribution in [1.82, 2.24) is 0 Å². The first-order valence-corrected chi connectivity index (χ1v) is 14.8. The van der Waals surface area contributed by atoms with Gasteiger partial charge in [-0.1, -0.05) is 24.3 Å². The monoisotopic (exact) mass is 546 g/mol. The van der Waals surface area contributed by atoms with Crippen LogP contribution in [0.25, 0.3) is 0 Å². The Hall–Kier alpha value is -3.04. The Balaban J connectivity index is 1.80. The number of allylic oxidation sites excluding steroid dienone is 1. The molecule has 1 aromatic heterocycles. The first-order chi connectivity index (χ1) is 17.2. The molecule has 11 heteroatoms. The third-order valence-corrected chi connectivity index (χ3v) is 9.79. The van der Waals surface area contributed by atoms with Crippen molar-refractivity contribution in [3.8, 4) is 0 Å². The zero-order chi connectivity index (χ0) is 26.1. The fourth-order valence-corrected chi connectivity index (χ4v) is 7.45. The van der Waals surface area contributed by atoms with Crippen molar-refractivity contribution in [2.24, 2.45) is 5.16 Å². The first-order valence-electron chi connectivity index (χ1n) is 10.8. The van der Waals surface area contributed by atoms with Gasteiger partial charge in [0.1, 0.15) is 13.7 Å². The average molecular weight is 547 g/mol. The lowest BCUT2D eigenvalue weighted by Gasteiger charge is -2.18. The summed E-state index contributed by atoms with van der Waals surface area (Å²) in [7, 11) is -3.62. The van der Waals surface area contributed by atoms with Crippen molar-refractivity contribution in [3.63, 3.8) is 0 Å². The van der Waals surface area contributed by atoms with E-state index in [1.807, 2.05) is 18.4 Å². The van der Waals surface area contributed by atoms with E-state index in [9.17, 15) is 13.6 Å². The van der Waals surface area contributed by atoms with Gasteiger partial charge >= 0.3 is 6.09 Å². The highest BCUT2D eigenvalue weighted by molar-refractivity contribution is 7.84. The molecule has 36 heavy (non-hydrogen) atoms. The molecule has 0 aliphatic carbocycles. The van der Waals surface area contributed by atoms with Gasteiger partial charge in [0.05, 0.1) is 4.62 Å². The van der Waals surface area contributed by atoms with Crippen molar-refractivity contribution in [2.45, 2.75) is 18.2 Å². The predicted octanol–water partition coefficient (Wildman–Crippen LogP) is 4.98. The molecule has 0 fully saturated rings. The van der Waals surface area contributed by atoms with Crippen molar-refractivity contribution >= 4 is 57.1 Å². The van der Waals surface area contributed by atoms with Gasteiger partial charge in [0.15, 0.2) is 0 Å². The van der Waals surface area contributed by atoms with Crippen molar-refractivity contribution < 1.29 is 27.7 Å². The molecule has 0 radical (unpaired) electrons. The maximum atomic E-state index is 14.2. The summed E-state index contributed by atoms with van der Waals surface area (Å²) in [5, 5.41) is 8.58. The number of ether oxygens (including phenoxy) is 1. The van der Waals surface area contributed by atoms with Crippen LogP contribution in [-0.2, 0) is 35.9 Å². The molecule has 1 N–H and O–H groups in total. The van der Waals surface area contributed by atoms with Crippen molar-refractivity contribution in [3.05, 3.63) is 83.8 Å². The molecule has 0 aliphatic rings. The summed E-state index contributed by atoms with van der Waals surface area (Å²) in [6, 6.07) is 15.6. The summed E-state index contributed by atoms with van der Waals surface area (Å²) >= 11 is 1.29. The lowest BCUT2D eigenvalue weighted by molar-refractivity contribution is 0.180. The van der Waals surface area contributed by atoms with Gasteiger partial charge in [-0.15, -0.1) is 17.9 Å². The van der Waals surface area contributed by atoms with Crippen LogP contribution < -0.4 is 15.2 Å². The molecule has 0 aliphatic heterocycles. The number of benzene rings is 2. The van der Waals surface area contributed by atoms with Crippen LogP contribution >= 0.6 is 18.7 Å². The minimum Gasteiger partial charge on any atom is -0.396 e. The van der Waals surface area contributed by atoms with Gasteiger partial charge in [-0.2, -0.15) is 0 Å². The summed E-state index contributed by atoms with van der Waals surface area (Å²) in [5.74, 6) is -0.221. The van der Waals surface area contributed by atoms with Crippen LogP contribution in [0.5, 0.6) is 0 Å². The standard InChI is InChI=1S/C25H27N2O6PS2/c1-5-8-19-9-6-10-20(14-19)26-25(28)33-23(27-31-3)16-32-34(29,24-13-18(2)17-35-24)21-11-7-12-22(15-21)36(4)30/h5-7,9-15,17H,1,8,16H2,2-4H3,(H,26,28). The van der Waals surface area contributed by atoms with Crippen molar-refractivity contribution in [2.75, 3.05) is 25.3 Å². The van der Waals surface area contributed by atoms with Gasteiger partial charge in [-0.05, 0) is 71.4 Å². The van der Waals surface area contributed by atoms with E-state index >= 15 is 0 Å². The van der Waals surface area contributed by atoms with Crippen LogP contribution in [0.3, 0.4) is 0 Å². The number of rotatable bonds is 10. The quantitative estimate of drug-likeness (QED) is 0.127.